The molecule has 1 aromatic heterocycles. The van der Waals surface area contributed by atoms with Gasteiger partial charge in [-0.25, -0.2) is 4.98 Å². The number of aromatic amines is 1. The Bertz CT molecular complexity index is 809. The highest BCUT2D eigenvalue weighted by Gasteiger charge is 2.11. The van der Waals surface area contributed by atoms with Gasteiger partial charge in [0, 0.05) is 19.7 Å². The van der Waals surface area contributed by atoms with E-state index in [-0.39, 0.29) is 5.56 Å². The van der Waals surface area contributed by atoms with Crippen molar-refractivity contribution in [1.82, 2.24) is 15.3 Å². The number of rotatable bonds is 3. The first-order chi connectivity index (χ1) is 10.7. The molecule has 2 N–H and O–H groups in total. The molecule has 0 aliphatic carbocycles. The minimum atomic E-state index is -0.462. The summed E-state index contributed by atoms with van der Waals surface area (Å²) >= 11 is 0. The third-order valence-corrected chi connectivity index (χ3v) is 3.44. The van der Waals surface area contributed by atoms with Gasteiger partial charge >= 0.3 is 0 Å². The van der Waals surface area contributed by atoms with Crippen molar-refractivity contribution in [2.75, 3.05) is 13.7 Å². The Morgan fingerprint density at radius 1 is 1.41 bits per heavy atom. The number of amides is 1. The number of nitrogens with one attached hydrogen (secondary N) is 2. The average molecular weight is 297 g/mol. The number of carbonyl (C=O) groups excluding carboxylic acids is 1. The molecule has 2 heterocycles. The molecular formula is C16H15N3O3. The van der Waals surface area contributed by atoms with Crippen molar-refractivity contribution in [1.29, 1.82) is 0 Å². The Morgan fingerprint density at radius 2 is 2.27 bits per heavy atom. The van der Waals surface area contributed by atoms with Crippen molar-refractivity contribution >= 4 is 18.1 Å². The molecule has 1 aliphatic rings. The molecule has 1 amide bonds. The van der Waals surface area contributed by atoms with Crippen LogP contribution in [0.25, 0.3) is 12.2 Å². The normalized spacial score (nSPS) is 13.0. The van der Waals surface area contributed by atoms with Crippen LogP contribution in [0.1, 0.15) is 27.3 Å². The molecule has 0 atom stereocenters. The second-order valence-electron chi connectivity index (χ2n) is 4.89. The van der Waals surface area contributed by atoms with Crippen LogP contribution < -0.4 is 15.6 Å². The maximum absolute atomic E-state index is 11.8. The molecule has 0 fully saturated rings. The fourth-order valence-electron chi connectivity index (χ4n) is 2.28. The average Bonchev–Trinajstić information content (AvgIpc) is 3.00. The highest BCUT2D eigenvalue weighted by molar-refractivity contribution is 5.93. The van der Waals surface area contributed by atoms with Crippen molar-refractivity contribution in [2.24, 2.45) is 0 Å². The molecule has 1 aromatic carbocycles. The summed E-state index contributed by atoms with van der Waals surface area (Å²) in [4.78, 5) is 29.9. The molecule has 0 saturated carbocycles. The van der Waals surface area contributed by atoms with E-state index in [2.05, 4.69) is 21.4 Å². The van der Waals surface area contributed by atoms with E-state index in [1.54, 1.807) is 6.08 Å². The summed E-state index contributed by atoms with van der Waals surface area (Å²) in [6, 6.07) is 5.93. The number of hydrogen-bond acceptors (Lipinski definition) is 4. The molecule has 6 heteroatoms. The number of aromatic nitrogens is 2. The van der Waals surface area contributed by atoms with Gasteiger partial charge in [0.15, 0.2) is 0 Å². The Morgan fingerprint density at radius 3 is 3.05 bits per heavy atom. The third-order valence-electron chi connectivity index (χ3n) is 3.44. The lowest BCUT2D eigenvalue weighted by atomic mass is 10.1. The molecule has 0 radical (unpaired) electrons. The van der Waals surface area contributed by atoms with E-state index in [4.69, 9.17) is 4.74 Å². The van der Waals surface area contributed by atoms with Crippen molar-refractivity contribution in [3.8, 4) is 5.75 Å². The predicted molar refractivity (Wildman–Crippen MR) is 82.8 cm³/mol. The summed E-state index contributed by atoms with van der Waals surface area (Å²) in [5, 5.41) is 2.39. The lowest BCUT2D eigenvalue weighted by molar-refractivity contribution is 0.0961. The van der Waals surface area contributed by atoms with Crippen LogP contribution in [0.15, 0.2) is 29.2 Å². The van der Waals surface area contributed by atoms with Crippen molar-refractivity contribution in [3.63, 3.8) is 0 Å². The molecular weight excluding hydrogens is 282 g/mol. The minimum Gasteiger partial charge on any atom is -0.493 e. The SMILES string of the molecule is CNC(=O)c1cnc(C=Cc2ccc3c(c2)CCO3)[nH]c1=O. The standard InChI is InChI=1S/C16H15N3O3/c1-17-15(20)12-9-18-14(19-16(12)21)5-3-10-2-4-13-11(8-10)6-7-22-13/h2-5,8-9H,6-7H2,1H3,(H,17,20)(H,18,19,21). The van der Waals surface area contributed by atoms with E-state index in [0.29, 0.717) is 5.82 Å². The molecule has 112 valence electrons. The van der Waals surface area contributed by atoms with Gasteiger partial charge in [0.1, 0.15) is 17.1 Å². The summed E-state index contributed by atoms with van der Waals surface area (Å²) in [6.07, 6.45) is 5.74. The zero-order valence-corrected chi connectivity index (χ0v) is 12.1. The minimum absolute atomic E-state index is 0.00525. The van der Waals surface area contributed by atoms with Crippen LogP contribution in [-0.2, 0) is 6.42 Å². The van der Waals surface area contributed by atoms with Gasteiger partial charge < -0.3 is 15.0 Å². The molecule has 0 bridgehead atoms. The van der Waals surface area contributed by atoms with Gasteiger partial charge in [0.05, 0.1) is 6.61 Å². The maximum atomic E-state index is 11.8. The highest BCUT2D eigenvalue weighted by Crippen LogP contribution is 2.26. The van der Waals surface area contributed by atoms with Gasteiger partial charge in [0.25, 0.3) is 11.5 Å². The van der Waals surface area contributed by atoms with Crippen LogP contribution in [-0.4, -0.2) is 29.5 Å². The largest absolute Gasteiger partial charge is 0.493 e. The Labute approximate surface area is 126 Å². The zero-order valence-electron chi connectivity index (χ0n) is 12.1. The van der Waals surface area contributed by atoms with E-state index in [1.165, 1.54) is 18.8 Å². The van der Waals surface area contributed by atoms with Gasteiger partial charge in [-0.3, -0.25) is 9.59 Å². The molecule has 2 aromatic rings. The zero-order chi connectivity index (χ0) is 15.5. The van der Waals surface area contributed by atoms with E-state index < -0.39 is 11.5 Å². The fourth-order valence-corrected chi connectivity index (χ4v) is 2.28. The van der Waals surface area contributed by atoms with Crippen molar-refractivity contribution < 1.29 is 9.53 Å². The second-order valence-corrected chi connectivity index (χ2v) is 4.89. The molecule has 3 rings (SSSR count). The second kappa shape index (κ2) is 5.85. The maximum Gasteiger partial charge on any atom is 0.263 e. The lowest BCUT2D eigenvalue weighted by Crippen LogP contribution is -2.27. The van der Waals surface area contributed by atoms with Crippen LogP contribution >= 0.6 is 0 Å². The summed E-state index contributed by atoms with van der Waals surface area (Å²) in [5.74, 6) is 0.871. The van der Waals surface area contributed by atoms with E-state index in [9.17, 15) is 9.59 Å². The number of ether oxygens (including phenoxy) is 1. The molecule has 0 spiro atoms. The highest BCUT2D eigenvalue weighted by atomic mass is 16.5. The summed E-state index contributed by atoms with van der Waals surface area (Å²) in [7, 11) is 1.47. The van der Waals surface area contributed by atoms with Crippen molar-refractivity contribution in [3.05, 3.63) is 57.3 Å². The smallest absolute Gasteiger partial charge is 0.263 e. The first-order valence-electron chi connectivity index (χ1n) is 6.92. The summed E-state index contributed by atoms with van der Waals surface area (Å²) in [6.45, 7) is 0.721. The number of H-pyrrole nitrogens is 1. The molecule has 0 unspecified atom stereocenters. The molecule has 1 aliphatic heterocycles. The van der Waals surface area contributed by atoms with Crippen LogP contribution in [0.3, 0.4) is 0 Å². The van der Waals surface area contributed by atoms with Crippen molar-refractivity contribution in [2.45, 2.75) is 6.42 Å². The van der Waals surface area contributed by atoms with Gasteiger partial charge in [-0.1, -0.05) is 12.1 Å². The van der Waals surface area contributed by atoms with Crippen LogP contribution in [0.5, 0.6) is 5.75 Å². The Hall–Kier alpha value is -2.89. The summed E-state index contributed by atoms with van der Waals surface area (Å²) in [5.41, 5.74) is 1.71. The quantitative estimate of drug-likeness (QED) is 0.892. The molecule has 0 saturated heterocycles. The Balaban J connectivity index is 1.82. The topological polar surface area (TPSA) is 84.1 Å². The van der Waals surface area contributed by atoms with E-state index in [0.717, 1.165) is 24.3 Å². The van der Waals surface area contributed by atoms with Gasteiger partial charge in [0.2, 0.25) is 0 Å². The predicted octanol–water partition coefficient (Wildman–Crippen LogP) is 1.23. The lowest BCUT2D eigenvalue weighted by Gasteiger charge is -2.00. The number of benzene rings is 1. The summed E-state index contributed by atoms with van der Waals surface area (Å²) < 4.78 is 5.46. The number of fused-ring (bicyclic) bond motifs is 1. The number of carbonyl (C=O) groups is 1. The molecule has 22 heavy (non-hydrogen) atoms. The fraction of sp³-hybridized carbons (Fsp3) is 0.188. The first-order valence-corrected chi connectivity index (χ1v) is 6.92. The van der Waals surface area contributed by atoms with Gasteiger partial charge in [-0.15, -0.1) is 0 Å². The van der Waals surface area contributed by atoms with Crippen LogP contribution in [0, 0.1) is 0 Å². The third kappa shape index (κ3) is 2.76. The monoisotopic (exact) mass is 297 g/mol. The van der Waals surface area contributed by atoms with Gasteiger partial charge in [-0.2, -0.15) is 0 Å². The first kappa shape index (κ1) is 14.1. The van der Waals surface area contributed by atoms with Gasteiger partial charge in [-0.05, 0) is 29.3 Å². The van der Waals surface area contributed by atoms with Crippen LogP contribution in [0.2, 0.25) is 0 Å². The van der Waals surface area contributed by atoms with E-state index in [1.807, 2.05) is 18.2 Å². The molecule has 6 nitrogen and oxygen atoms in total. The number of hydrogen-bond donors (Lipinski definition) is 2. The van der Waals surface area contributed by atoms with E-state index >= 15 is 0 Å². The van der Waals surface area contributed by atoms with Crippen LogP contribution in [0.4, 0.5) is 0 Å². The number of nitrogens with zero attached hydrogens (tertiary/aromatic N) is 1. The Kier molecular flexibility index (Phi) is 3.74.